The third kappa shape index (κ3) is 3.12. The number of rotatable bonds is 4. The zero-order valence-electron chi connectivity index (χ0n) is 12.7. The van der Waals surface area contributed by atoms with Gasteiger partial charge in [-0.2, -0.15) is 0 Å². The van der Waals surface area contributed by atoms with Crippen LogP contribution in [0.1, 0.15) is 30.2 Å². The first-order valence-corrected chi connectivity index (χ1v) is 8.49. The predicted octanol–water partition coefficient (Wildman–Crippen LogP) is 5.19. The Morgan fingerprint density at radius 3 is 2.67 bits per heavy atom. The third-order valence-corrected chi connectivity index (χ3v) is 4.72. The second-order valence-electron chi connectivity index (χ2n) is 5.93. The van der Waals surface area contributed by atoms with Crippen molar-refractivity contribution in [2.24, 2.45) is 0 Å². The summed E-state index contributed by atoms with van der Waals surface area (Å²) < 4.78 is 5.72. The Morgan fingerprint density at radius 2 is 1.96 bits per heavy atom. The number of nitrogens with one attached hydrogen (secondary N) is 1. The Balaban J connectivity index is 1.51. The highest BCUT2D eigenvalue weighted by Crippen LogP contribution is 2.40. The summed E-state index contributed by atoms with van der Waals surface area (Å²) in [6, 6.07) is 10.6. The van der Waals surface area contributed by atoms with Gasteiger partial charge in [0.15, 0.2) is 11.5 Å². The third-order valence-electron chi connectivity index (χ3n) is 4.01. The van der Waals surface area contributed by atoms with E-state index in [0.29, 0.717) is 27.2 Å². The van der Waals surface area contributed by atoms with Crippen LogP contribution in [0.3, 0.4) is 0 Å². The minimum absolute atomic E-state index is 0.114. The number of anilines is 1. The molecule has 0 spiro atoms. The number of nitrogens with zero attached hydrogens (tertiary/aromatic N) is 1. The summed E-state index contributed by atoms with van der Waals surface area (Å²) in [7, 11) is 0. The molecule has 4 rings (SSSR count). The Morgan fingerprint density at radius 1 is 1.21 bits per heavy atom. The molecule has 0 radical (unpaired) electrons. The fourth-order valence-electron chi connectivity index (χ4n) is 2.59. The molecule has 1 fully saturated rings. The van der Waals surface area contributed by atoms with E-state index in [1.165, 1.54) is 0 Å². The van der Waals surface area contributed by atoms with Gasteiger partial charge in [0.25, 0.3) is 0 Å². The van der Waals surface area contributed by atoms with Crippen molar-refractivity contribution in [2.75, 3.05) is 5.32 Å². The van der Waals surface area contributed by atoms with Crippen LogP contribution in [-0.2, 0) is 11.2 Å². The maximum Gasteiger partial charge on any atom is 0.228 e. The first-order valence-electron chi connectivity index (χ1n) is 7.73. The zero-order valence-corrected chi connectivity index (χ0v) is 14.2. The maximum atomic E-state index is 12.3. The Hall–Kier alpha value is -2.04. The van der Waals surface area contributed by atoms with E-state index in [9.17, 15) is 4.79 Å². The van der Waals surface area contributed by atoms with Crippen molar-refractivity contribution >= 4 is 45.9 Å². The lowest BCUT2D eigenvalue weighted by Gasteiger charge is -2.08. The fraction of sp³-hybridized carbons (Fsp3) is 0.222. The molecule has 2 aromatic carbocycles. The number of fused-ring (bicyclic) bond motifs is 1. The molecular weight excluding hydrogens is 347 g/mol. The average Bonchev–Trinajstić information content (AvgIpc) is 3.31. The smallest absolute Gasteiger partial charge is 0.228 e. The van der Waals surface area contributed by atoms with Crippen LogP contribution in [0, 0.1) is 0 Å². The van der Waals surface area contributed by atoms with Crippen LogP contribution in [0.4, 0.5) is 5.69 Å². The lowest BCUT2D eigenvalue weighted by Crippen LogP contribution is -2.14. The molecule has 3 aromatic rings. The molecule has 0 atom stereocenters. The average molecular weight is 361 g/mol. The molecule has 24 heavy (non-hydrogen) atoms. The maximum absolute atomic E-state index is 12.3. The molecule has 1 aromatic heterocycles. The molecule has 1 heterocycles. The molecule has 6 heteroatoms. The summed E-state index contributed by atoms with van der Waals surface area (Å²) in [6.45, 7) is 0. The van der Waals surface area contributed by atoms with Crippen LogP contribution >= 0.6 is 23.2 Å². The molecule has 0 bridgehead atoms. The highest BCUT2D eigenvalue weighted by molar-refractivity contribution is 6.36. The van der Waals surface area contributed by atoms with E-state index >= 15 is 0 Å². The van der Waals surface area contributed by atoms with Crippen LogP contribution in [0.25, 0.3) is 11.1 Å². The summed E-state index contributed by atoms with van der Waals surface area (Å²) in [4.78, 5) is 16.8. The molecule has 1 aliphatic rings. The highest BCUT2D eigenvalue weighted by Gasteiger charge is 2.28. The SMILES string of the molecule is O=C(Cc1c(Cl)cccc1Cl)Nc1ccc2oc(C3CC3)nc2c1. The number of halogens is 2. The number of carbonyl (C=O) groups excluding carboxylic acids is 1. The van der Waals surface area contributed by atoms with E-state index in [-0.39, 0.29) is 12.3 Å². The Bertz CT molecular complexity index is 912. The number of oxazole rings is 1. The van der Waals surface area contributed by atoms with Crippen LogP contribution < -0.4 is 5.32 Å². The molecular formula is C18H14Cl2N2O2. The van der Waals surface area contributed by atoms with Crippen LogP contribution in [0.2, 0.25) is 10.0 Å². The number of carbonyl (C=O) groups is 1. The highest BCUT2D eigenvalue weighted by atomic mass is 35.5. The van der Waals surface area contributed by atoms with E-state index in [1.54, 1.807) is 24.3 Å². The standard InChI is InChI=1S/C18H14Cl2N2O2/c19-13-2-1-3-14(20)12(13)9-17(23)21-11-6-7-16-15(8-11)22-18(24-16)10-4-5-10/h1-3,6-8,10H,4-5,9H2,(H,21,23). The topological polar surface area (TPSA) is 55.1 Å². The zero-order chi connectivity index (χ0) is 16.7. The largest absolute Gasteiger partial charge is 0.440 e. The van der Waals surface area contributed by atoms with Gasteiger partial charge in [0, 0.05) is 21.7 Å². The number of aromatic nitrogens is 1. The van der Waals surface area contributed by atoms with Gasteiger partial charge in [-0.05, 0) is 48.7 Å². The summed E-state index contributed by atoms with van der Waals surface area (Å²) in [6.07, 6.45) is 2.38. The summed E-state index contributed by atoms with van der Waals surface area (Å²) in [5.74, 6) is 1.06. The van der Waals surface area contributed by atoms with Crippen molar-refractivity contribution in [3.8, 4) is 0 Å². The van der Waals surface area contributed by atoms with Crippen molar-refractivity contribution in [1.29, 1.82) is 0 Å². The number of hydrogen-bond donors (Lipinski definition) is 1. The predicted molar refractivity (Wildman–Crippen MR) is 94.8 cm³/mol. The van der Waals surface area contributed by atoms with Gasteiger partial charge in [-0.25, -0.2) is 4.98 Å². The molecule has 1 aliphatic carbocycles. The van der Waals surface area contributed by atoms with Gasteiger partial charge >= 0.3 is 0 Å². The monoisotopic (exact) mass is 360 g/mol. The van der Waals surface area contributed by atoms with Crippen molar-refractivity contribution in [3.63, 3.8) is 0 Å². The number of hydrogen-bond acceptors (Lipinski definition) is 3. The molecule has 1 amide bonds. The number of benzene rings is 2. The van der Waals surface area contributed by atoms with Gasteiger partial charge in [-0.15, -0.1) is 0 Å². The Labute approximate surface area is 148 Å². The second-order valence-corrected chi connectivity index (χ2v) is 6.75. The van der Waals surface area contributed by atoms with Crippen LogP contribution in [0.15, 0.2) is 40.8 Å². The van der Waals surface area contributed by atoms with E-state index in [2.05, 4.69) is 10.3 Å². The summed E-state index contributed by atoms with van der Waals surface area (Å²) in [5, 5.41) is 3.82. The quantitative estimate of drug-likeness (QED) is 0.696. The van der Waals surface area contributed by atoms with E-state index in [1.807, 2.05) is 12.1 Å². The van der Waals surface area contributed by atoms with Gasteiger partial charge in [0.2, 0.25) is 5.91 Å². The van der Waals surface area contributed by atoms with Crippen LogP contribution in [-0.4, -0.2) is 10.9 Å². The lowest BCUT2D eigenvalue weighted by atomic mass is 10.1. The molecule has 4 nitrogen and oxygen atoms in total. The van der Waals surface area contributed by atoms with Gasteiger partial charge < -0.3 is 9.73 Å². The van der Waals surface area contributed by atoms with Crippen molar-refractivity contribution < 1.29 is 9.21 Å². The first kappa shape index (κ1) is 15.5. The first-order chi connectivity index (χ1) is 11.6. The summed E-state index contributed by atoms with van der Waals surface area (Å²) >= 11 is 12.2. The second kappa shape index (κ2) is 6.11. The van der Waals surface area contributed by atoms with E-state index in [4.69, 9.17) is 27.6 Å². The van der Waals surface area contributed by atoms with E-state index < -0.39 is 0 Å². The van der Waals surface area contributed by atoms with Crippen LogP contribution in [0.5, 0.6) is 0 Å². The summed E-state index contributed by atoms with van der Waals surface area (Å²) in [5.41, 5.74) is 2.79. The molecule has 0 unspecified atom stereocenters. The lowest BCUT2D eigenvalue weighted by molar-refractivity contribution is -0.115. The van der Waals surface area contributed by atoms with Gasteiger partial charge in [0.05, 0.1) is 6.42 Å². The molecule has 1 N–H and O–H groups in total. The van der Waals surface area contributed by atoms with Crippen molar-refractivity contribution in [3.05, 3.63) is 57.9 Å². The number of amides is 1. The minimum Gasteiger partial charge on any atom is -0.440 e. The molecule has 122 valence electrons. The van der Waals surface area contributed by atoms with E-state index in [0.717, 1.165) is 29.8 Å². The van der Waals surface area contributed by atoms with Gasteiger partial charge in [-0.1, -0.05) is 29.3 Å². The Kier molecular flexibility index (Phi) is 3.94. The normalized spacial score (nSPS) is 14.1. The minimum atomic E-state index is -0.185. The van der Waals surface area contributed by atoms with Crippen molar-refractivity contribution in [2.45, 2.75) is 25.2 Å². The molecule has 0 saturated heterocycles. The molecule has 0 aliphatic heterocycles. The van der Waals surface area contributed by atoms with Gasteiger partial charge in [0.1, 0.15) is 5.52 Å². The van der Waals surface area contributed by atoms with Crippen molar-refractivity contribution in [1.82, 2.24) is 4.98 Å². The molecule has 1 saturated carbocycles. The van der Waals surface area contributed by atoms with Gasteiger partial charge in [-0.3, -0.25) is 4.79 Å². The fourth-order valence-corrected chi connectivity index (χ4v) is 3.13.